The van der Waals surface area contributed by atoms with E-state index in [0.717, 1.165) is 16.5 Å². The number of carbonyl (C=O) groups is 2. The molecular weight excluding hydrogens is 354 g/mol. The van der Waals surface area contributed by atoms with Crippen LogP contribution in [0.1, 0.15) is 18.9 Å². The van der Waals surface area contributed by atoms with Crippen LogP contribution in [0.4, 0.5) is 0 Å². The lowest BCUT2D eigenvalue weighted by atomic mass is 10.2. The van der Waals surface area contributed by atoms with E-state index in [0.29, 0.717) is 5.75 Å². The van der Waals surface area contributed by atoms with Crippen molar-refractivity contribution in [2.24, 2.45) is 0 Å². The van der Waals surface area contributed by atoms with E-state index in [1.807, 2.05) is 31.2 Å². The van der Waals surface area contributed by atoms with Crippen molar-refractivity contribution in [3.63, 3.8) is 0 Å². The molecule has 1 saturated heterocycles. The summed E-state index contributed by atoms with van der Waals surface area (Å²) in [7, 11) is 0. The molecule has 0 bridgehead atoms. The number of amides is 1. The van der Waals surface area contributed by atoms with Crippen LogP contribution < -0.4 is 0 Å². The van der Waals surface area contributed by atoms with Crippen LogP contribution in [0.3, 0.4) is 0 Å². The second kappa shape index (κ2) is 7.13. The lowest BCUT2D eigenvalue weighted by molar-refractivity contribution is -0.147. The Balaban J connectivity index is 2.17. The minimum atomic E-state index is -0.943. The molecule has 0 spiro atoms. The highest BCUT2D eigenvalue weighted by molar-refractivity contribution is 9.10. The fourth-order valence-electron chi connectivity index (χ4n) is 2.22. The van der Waals surface area contributed by atoms with Gasteiger partial charge in [0.15, 0.2) is 0 Å². The Morgan fingerprint density at radius 1 is 1.48 bits per heavy atom. The number of nitrogens with zero attached hydrogens (tertiary/aromatic N) is 1. The highest BCUT2D eigenvalue weighted by Crippen LogP contribution is 2.31. The zero-order valence-electron chi connectivity index (χ0n) is 11.5. The first-order valence-corrected chi connectivity index (χ1v) is 8.48. The molecule has 21 heavy (non-hydrogen) atoms. The van der Waals surface area contributed by atoms with Crippen LogP contribution in [-0.2, 0) is 9.59 Å². The number of carbonyl (C=O) groups excluding carboxylic acids is 1. The van der Waals surface area contributed by atoms with Gasteiger partial charge in [-0.2, -0.15) is 0 Å². The van der Waals surface area contributed by atoms with Crippen LogP contribution in [0.15, 0.2) is 34.8 Å². The van der Waals surface area contributed by atoms with E-state index < -0.39 is 12.0 Å². The van der Waals surface area contributed by atoms with Gasteiger partial charge in [0.05, 0.1) is 5.37 Å². The molecule has 1 aliphatic rings. The minimum absolute atomic E-state index is 0.0672. The fourth-order valence-corrected chi connectivity index (χ4v) is 3.99. The third-order valence-electron chi connectivity index (χ3n) is 3.29. The molecule has 6 heteroatoms. The van der Waals surface area contributed by atoms with Crippen molar-refractivity contribution in [1.29, 1.82) is 0 Å². The number of hydrogen-bond donors (Lipinski definition) is 1. The van der Waals surface area contributed by atoms with Crippen molar-refractivity contribution < 1.29 is 14.7 Å². The van der Waals surface area contributed by atoms with Crippen molar-refractivity contribution in [2.75, 3.05) is 5.75 Å². The van der Waals surface area contributed by atoms with Gasteiger partial charge in [-0.15, -0.1) is 11.8 Å². The molecule has 2 atom stereocenters. The van der Waals surface area contributed by atoms with Gasteiger partial charge in [0, 0.05) is 16.3 Å². The quantitative estimate of drug-likeness (QED) is 0.827. The Morgan fingerprint density at radius 2 is 2.19 bits per heavy atom. The number of benzene rings is 1. The first-order valence-electron chi connectivity index (χ1n) is 6.64. The molecule has 1 aromatic rings. The zero-order valence-corrected chi connectivity index (χ0v) is 13.9. The molecule has 1 amide bonds. The average molecular weight is 370 g/mol. The third kappa shape index (κ3) is 3.68. The van der Waals surface area contributed by atoms with Crippen LogP contribution in [0.25, 0.3) is 6.08 Å². The molecule has 0 saturated carbocycles. The maximum absolute atomic E-state index is 12.4. The molecule has 1 aliphatic heterocycles. The summed E-state index contributed by atoms with van der Waals surface area (Å²) in [4.78, 5) is 25.1. The standard InChI is InChI=1S/C15H16BrNO3S/c1-2-14-17(12(9-21-14)15(19)20)13(18)8-7-10-5-3-4-6-11(10)16/h3-8,12,14H,2,9H2,1H3,(H,19,20). The normalized spacial score (nSPS) is 21.9. The summed E-state index contributed by atoms with van der Waals surface area (Å²) in [6, 6.07) is 6.82. The second-order valence-electron chi connectivity index (χ2n) is 4.65. The van der Waals surface area contributed by atoms with Gasteiger partial charge in [0.1, 0.15) is 6.04 Å². The van der Waals surface area contributed by atoms with Crippen molar-refractivity contribution in [3.8, 4) is 0 Å². The molecule has 0 aromatic heterocycles. The number of aliphatic carboxylic acids is 1. The van der Waals surface area contributed by atoms with Crippen LogP contribution >= 0.6 is 27.7 Å². The van der Waals surface area contributed by atoms with E-state index in [9.17, 15) is 14.7 Å². The van der Waals surface area contributed by atoms with Gasteiger partial charge in [-0.3, -0.25) is 4.79 Å². The summed E-state index contributed by atoms with van der Waals surface area (Å²) < 4.78 is 0.895. The van der Waals surface area contributed by atoms with Gasteiger partial charge >= 0.3 is 5.97 Å². The summed E-state index contributed by atoms with van der Waals surface area (Å²) in [5.74, 6) is -0.751. The van der Waals surface area contributed by atoms with Gasteiger partial charge in [-0.05, 0) is 24.1 Å². The maximum atomic E-state index is 12.4. The number of halogens is 1. The Kier molecular flexibility index (Phi) is 5.47. The molecular formula is C15H16BrNO3S. The molecule has 4 nitrogen and oxygen atoms in total. The highest BCUT2D eigenvalue weighted by atomic mass is 79.9. The van der Waals surface area contributed by atoms with Gasteiger partial charge in [-0.25, -0.2) is 4.79 Å². The molecule has 112 valence electrons. The summed E-state index contributed by atoms with van der Waals surface area (Å²) in [5.41, 5.74) is 0.887. The maximum Gasteiger partial charge on any atom is 0.327 e. The first-order chi connectivity index (χ1) is 10.0. The van der Waals surface area contributed by atoms with Crippen molar-refractivity contribution >= 4 is 45.6 Å². The highest BCUT2D eigenvalue weighted by Gasteiger charge is 2.39. The van der Waals surface area contributed by atoms with Gasteiger partial charge < -0.3 is 10.0 Å². The zero-order chi connectivity index (χ0) is 15.4. The topological polar surface area (TPSA) is 57.6 Å². The van der Waals surface area contributed by atoms with E-state index in [1.165, 1.54) is 22.7 Å². The first kappa shape index (κ1) is 16.1. The molecule has 0 radical (unpaired) electrons. The smallest absolute Gasteiger partial charge is 0.327 e. The summed E-state index contributed by atoms with van der Waals surface area (Å²) >= 11 is 4.94. The van der Waals surface area contributed by atoms with E-state index >= 15 is 0 Å². The molecule has 2 rings (SSSR count). The van der Waals surface area contributed by atoms with Crippen molar-refractivity contribution in [3.05, 3.63) is 40.4 Å². The Morgan fingerprint density at radius 3 is 2.81 bits per heavy atom. The summed E-state index contributed by atoms with van der Waals surface area (Å²) in [6.45, 7) is 1.96. The number of hydrogen-bond acceptors (Lipinski definition) is 3. The predicted molar refractivity (Wildman–Crippen MR) is 88.0 cm³/mol. The average Bonchev–Trinajstić information content (AvgIpc) is 2.90. The van der Waals surface area contributed by atoms with Crippen LogP contribution in [0.2, 0.25) is 0 Å². The molecule has 2 unspecified atom stereocenters. The van der Waals surface area contributed by atoms with Crippen LogP contribution in [0, 0.1) is 0 Å². The van der Waals surface area contributed by atoms with E-state index in [-0.39, 0.29) is 11.3 Å². The lowest BCUT2D eigenvalue weighted by Crippen LogP contribution is -2.44. The predicted octanol–water partition coefficient (Wildman–Crippen LogP) is 3.23. The summed E-state index contributed by atoms with van der Waals surface area (Å²) in [5, 5.41) is 9.17. The Hall–Kier alpha value is -1.27. The number of thioether (sulfide) groups is 1. The SMILES string of the molecule is CCC1SCC(C(=O)O)N1C(=O)C=Cc1ccccc1Br. The molecule has 1 aromatic carbocycles. The van der Waals surface area contributed by atoms with E-state index in [2.05, 4.69) is 15.9 Å². The Labute approximate surface area is 136 Å². The fraction of sp³-hybridized carbons (Fsp3) is 0.333. The van der Waals surface area contributed by atoms with Gasteiger partial charge in [0.25, 0.3) is 0 Å². The second-order valence-corrected chi connectivity index (χ2v) is 6.72. The molecule has 1 heterocycles. The number of carboxylic acid groups (broad SMARTS) is 1. The third-order valence-corrected chi connectivity index (χ3v) is 5.47. The Bertz CT molecular complexity index is 576. The lowest BCUT2D eigenvalue weighted by Gasteiger charge is -2.25. The molecule has 1 N–H and O–H groups in total. The monoisotopic (exact) mass is 369 g/mol. The minimum Gasteiger partial charge on any atom is -0.480 e. The van der Waals surface area contributed by atoms with Crippen molar-refractivity contribution in [2.45, 2.75) is 24.8 Å². The van der Waals surface area contributed by atoms with Crippen LogP contribution in [0.5, 0.6) is 0 Å². The largest absolute Gasteiger partial charge is 0.480 e. The molecule has 1 fully saturated rings. The molecule has 0 aliphatic carbocycles. The van der Waals surface area contributed by atoms with Gasteiger partial charge in [0.2, 0.25) is 5.91 Å². The number of rotatable bonds is 4. The van der Waals surface area contributed by atoms with Crippen LogP contribution in [-0.4, -0.2) is 39.1 Å². The van der Waals surface area contributed by atoms with E-state index in [4.69, 9.17) is 0 Å². The van der Waals surface area contributed by atoms with E-state index in [1.54, 1.807) is 6.08 Å². The van der Waals surface area contributed by atoms with Crippen molar-refractivity contribution in [1.82, 2.24) is 4.90 Å². The van der Waals surface area contributed by atoms with Gasteiger partial charge in [-0.1, -0.05) is 41.1 Å². The number of carboxylic acids is 1. The summed E-state index contributed by atoms with van der Waals surface area (Å²) in [6.07, 6.45) is 3.90.